The Kier molecular flexibility index (Phi) is 7.20. The number of amides is 1. The van der Waals surface area contributed by atoms with Crippen molar-refractivity contribution in [3.05, 3.63) is 30.0 Å². The SMILES string of the molecule is CCS(=O)(=O)c1cnc(N2CCN(C(=O)c3cc(S(C)(=O)=O)ccc3OC3CCCC3)CC2)s1. The first-order chi connectivity index (χ1) is 16.1. The van der Waals surface area contributed by atoms with Crippen molar-refractivity contribution in [2.45, 2.75) is 47.8 Å². The van der Waals surface area contributed by atoms with Gasteiger partial charge in [-0.1, -0.05) is 18.3 Å². The molecule has 1 aliphatic heterocycles. The minimum absolute atomic E-state index is 0.0225. The van der Waals surface area contributed by atoms with Gasteiger partial charge in [0.2, 0.25) is 0 Å². The van der Waals surface area contributed by atoms with Crippen LogP contribution in [0.1, 0.15) is 43.0 Å². The van der Waals surface area contributed by atoms with E-state index in [1.165, 1.54) is 18.3 Å². The summed E-state index contributed by atoms with van der Waals surface area (Å²) in [5.41, 5.74) is 0.258. The van der Waals surface area contributed by atoms with Crippen LogP contribution in [0.3, 0.4) is 0 Å². The summed E-state index contributed by atoms with van der Waals surface area (Å²) in [5.74, 6) is 0.168. The smallest absolute Gasteiger partial charge is 0.257 e. The number of hydrogen-bond donors (Lipinski definition) is 0. The number of rotatable bonds is 7. The van der Waals surface area contributed by atoms with Crippen molar-refractivity contribution >= 4 is 42.1 Å². The number of hydrogen-bond acceptors (Lipinski definition) is 9. The number of piperazine rings is 1. The molecule has 0 unspecified atom stereocenters. The molecule has 1 amide bonds. The molecule has 2 fully saturated rings. The van der Waals surface area contributed by atoms with Gasteiger partial charge in [0.05, 0.1) is 28.5 Å². The van der Waals surface area contributed by atoms with E-state index in [0.717, 1.165) is 43.3 Å². The summed E-state index contributed by atoms with van der Waals surface area (Å²) < 4.78 is 54.8. The highest BCUT2D eigenvalue weighted by atomic mass is 32.2. The van der Waals surface area contributed by atoms with Crippen molar-refractivity contribution in [3.63, 3.8) is 0 Å². The van der Waals surface area contributed by atoms with Crippen LogP contribution in [-0.4, -0.2) is 76.9 Å². The van der Waals surface area contributed by atoms with Gasteiger partial charge in [0.25, 0.3) is 5.91 Å². The Balaban J connectivity index is 1.51. The first-order valence-electron chi connectivity index (χ1n) is 11.3. The van der Waals surface area contributed by atoms with Crippen LogP contribution < -0.4 is 9.64 Å². The number of thiazole rings is 1. The van der Waals surface area contributed by atoms with Gasteiger partial charge in [-0.2, -0.15) is 0 Å². The van der Waals surface area contributed by atoms with Gasteiger partial charge in [-0.15, -0.1) is 0 Å². The molecule has 4 rings (SSSR count). The van der Waals surface area contributed by atoms with Crippen molar-refractivity contribution in [1.82, 2.24) is 9.88 Å². The van der Waals surface area contributed by atoms with Crippen LogP contribution in [0.4, 0.5) is 5.13 Å². The van der Waals surface area contributed by atoms with E-state index in [1.807, 2.05) is 4.90 Å². The van der Waals surface area contributed by atoms with Gasteiger partial charge in [0.1, 0.15) is 9.96 Å². The molecule has 0 N–H and O–H groups in total. The maximum absolute atomic E-state index is 13.4. The molecule has 1 aromatic carbocycles. The summed E-state index contributed by atoms with van der Waals surface area (Å²) in [5, 5.41) is 0.614. The summed E-state index contributed by atoms with van der Waals surface area (Å²) in [6, 6.07) is 4.49. The van der Waals surface area contributed by atoms with Crippen LogP contribution in [0.25, 0.3) is 0 Å². The van der Waals surface area contributed by atoms with Crippen molar-refractivity contribution in [2.24, 2.45) is 0 Å². The number of benzene rings is 1. The molecule has 1 saturated carbocycles. The molecule has 2 aromatic rings. The Morgan fingerprint density at radius 2 is 1.79 bits per heavy atom. The van der Waals surface area contributed by atoms with E-state index in [2.05, 4.69) is 4.98 Å². The van der Waals surface area contributed by atoms with Crippen molar-refractivity contribution < 1.29 is 26.4 Å². The summed E-state index contributed by atoms with van der Waals surface area (Å²) in [4.78, 5) is 21.4. The molecule has 1 saturated heterocycles. The third-order valence-electron chi connectivity index (χ3n) is 6.20. The zero-order valence-electron chi connectivity index (χ0n) is 19.3. The van der Waals surface area contributed by atoms with Crippen molar-refractivity contribution in [1.29, 1.82) is 0 Å². The van der Waals surface area contributed by atoms with Crippen LogP contribution in [0.2, 0.25) is 0 Å². The van der Waals surface area contributed by atoms with Gasteiger partial charge in [-0.05, 0) is 43.9 Å². The third kappa shape index (κ3) is 5.38. The second kappa shape index (κ2) is 9.82. The van der Waals surface area contributed by atoms with Gasteiger partial charge < -0.3 is 14.5 Å². The average molecular weight is 528 g/mol. The van der Waals surface area contributed by atoms with Gasteiger partial charge in [0.15, 0.2) is 24.8 Å². The first kappa shape index (κ1) is 24.9. The summed E-state index contributed by atoms with van der Waals surface area (Å²) >= 11 is 1.14. The highest BCUT2D eigenvalue weighted by Crippen LogP contribution is 2.31. The molecule has 0 radical (unpaired) electrons. The van der Waals surface area contributed by atoms with E-state index in [-0.39, 0.29) is 32.4 Å². The highest BCUT2D eigenvalue weighted by Gasteiger charge is 2.29. The Bertz CT molecular complexity index is 1260. The van der Waals surface area contributed by atoms with Gasteiger partial charge in [-0.25, -0.2) is 21.8 Å². The topological polar surface area (TPSA) is 114 Å². The quantitative estimate of drug-likeness (QED) is 0.540. The highest BCUT2D eigenvalue weighted by molar-refractivity contribution is 7.93. The van der Waals surface area contributed by atoms with Gasteiger partial charge in [0, 0.05) is 32.4 Å². The molecule has 0 atom stereocenters. The Morgan fingerprint density at radius 3 is 2.41 bits per heavy atom. The molecule has 9 nitrogen and oxygen atoms in total. The van der Waals surface area contributed by atoms with Crippen molar-refractivity contribution in [3.8, 4) is 5.75 Å². The molecule has 12 heteroatoms. The average Bonchev–Trinajstić information content (AvgIpc) is 3.51. The molecular formula is C22H29N3O6S3. The number of ether oxygens (including phenoxy) is 1. The van der Waals surface area contributed by atoms with E-state index in [0.29, 0.717) is 37.1 Å². The fourth-order valence-electron chi connectivity index (χ4n) is 4.15. The Labute approximate surface area is 204 Å². The monoisotopic (exact) mass is 527 g/mol. The molecule has 186 valence electrons. The number of nitrogens with zero attached hydrogens (tertiary/aromatic N) is 3. The molecule has 2 heterocycles. The lowest BCUT2D eigenvalue weighted by Gasteiger charge is -2.35. The maximum atomic E-state index is 13.4. The van der Waals surface area contributed by atoms with Crippen LogP contribution in [-0.2, 0) is 19.7 Å². The van der Waals surface area contributed by atoms with Crippen molar-refractivity contribution in [2.75, 3.05) is 43.1 Å². The maximum Gasteiger partial charge on any atom is 0.257 e. The lowest BCUT2D eigenvalue weighted by molar-refractivity contribution is 0.0739. The van der Waals surface area contributed by atoms with Crippen LogP contribution >= 0.6 is 11.3 Å². The van der Waals surface area contributed by atoms with E-state index < -0.39 is 19.7 Å². The second-order valence-corrected chi connectivity index (χ2v) is 14.1. The van der Waals surface area contributed by atoms with Crippen LogP contribution in [0, 0.1) is 0 Å². The molecular weight excluding hydrogens is 498 g/mol. The normalized spacial score (nSPS) is 17.8. The zero-order valence-corrected chi connectivity index (χ0v) is 21.7. The predicted octanol–water partition coefficient (Wildman–Crippen LogP) is 2.62. The Morgan fingerprint density at radius 1 is 1.12 bits per heavy atom. The summed E-state index contributed by atoms with van der Waals surface area (Å²) in [7, 11) is -6.79. The van der Waals surface area contributed by atoms with E-state index in [1.54, 1.807) is 17.9 Å². The third-order valence-corrected chi connectivity index (χ3v) is 10.7. The molecule has 1 aromatic heterocycles. The molecule has 2 aliphatic rings. The molecule has 34 heavy (non-hydrogen) atoms. The molecule has 0 bridgehead atoms. The Hall–Kier alpha value is -2.18. The fourth-order valence-corrected chi connectivity index (χ4v) is 7.08. The summed E-state index contributed by atoms with van der Waals surface area (Å²) in [6.07, 6.45) is 6.54. The largest absolute Gasteiger partial charge is 0.490 e. The van der Waals surface area contributed by atoms with E-state index in [4.69, 9.17) is 4.74 Å². The molecule has 1 aliphatic carbocycles. The number of aromatic nitrogens is 1. The lowest BCUT2D eigenvalue weighted by atomic mass is 10.1. The summed E-state index contributed by atoms with van der Waals surface area (Å²) in [6.45, 7) is 3.40. The van der Waals surface area contributed by atoms with Gasteiger partial charge in [-0.3, -0.25) is 4.79 Å². The molecule has 0 spiro atoms. The van der Waals surface area contributed by atoms with Crippen LogP contribution in [0.15, 0.2) is 33.5 Å². The van der Waals surface area contributed by atoms with E-state index in [9.17, 15) is 21.6 Å². The number of sulfone groups is 2. The minimum atomic E-state index is -3.48. The first-order valence-corrected chi connectivity index (χ1v) is 15.7. The number of carbonyl (C=O) groups excluding carboxylic acids is 1. The second-order valence-electron chi connectivity index (χ2n) is 8.60. The van der Waals surface area contributed by atoms with E-state index >= 15 is 0 Å². The number of anilines is 1. The lowest BCUT2D eigenvalue weighted by Crippen LogP contribution is -2.48. The van der Waals surface area contributed by atoms with Crippen LogP contribution in [0.5, 0.6) is 5.75 Å². The fraction of sp³-hybridized carbons (Fsp3) is 0.545. The van der Waals surface area contributed by atoms with Gasteiger partial charge >= 0.3 is 0 Å². The zero-order chi connectivity index (χ0) is 24.5. The standard InChI is InChI=1S/C22H29N3O6S3/c1-3-34(29,30)20-15-23-22(32-20)25-12-10-24(11-13-25)21(26)18-14-17(33(2,27)28)8-9-19(18)31-16-6-4-5-7-16/h8-9,14-16H,3-7,10-13H2,1-2H3. The minimum Gasteiger partial charge on any atom is -0.490 e. The predicted molar refractivity (Wildman–Crippen MR) is 130 cm³/mol. The number of carbonyl (C=O) groups is 1.